The third-order valence-corrected chi connectivity index (χ3v) is 5.34. The summed E-state index contributed by atoms with van der Waals surface area (Å²) in [6, 6.07) is 0. The van der Waals surface area contributed by atoms with Crippen molar-refractivity contribution in [3.8, 4) is 0 Å². The fourth-order valence-electron chi connectivity index (χ4n) is 2.45. The van der Waals surface area contributed by atoms with Crippen LogP contribution in [0.25, 0.3) is 0 Å². The third-order valence-electron chi connectivity index (χ3n) is 5.34. The van der Waals surface area contributed by atoms with Gasteiger partial charge in [0, 0.05) is 6.08 Å². The molecule has 34 heteroatoms. The highest BCUT2D eigenvalue weighted by molar-refractivity contribution is 5.89. The second-order valence-corrected chi connectivity index (χ2v) is 8.82. The number of carboxylic acid groups (broad SMARTS) is 1. The fraction of sp³-hybridized carbons (Fsp3) is 0.684. The van der Waals surface area contributed by atoms with Crippen molar-refractivity contribution in [2.24, 2.45) is 0 Å². The van der Waals surface area contributed by atoms with Gasteiger partial charge in [-0.25, -0.2) is 9.59 Å². The summed E-state index contributed by atoms with van der Waals surface area (Å²) in [5.74, 6) is -94.0. The van der Waals surface area contributed by atoms with Crippen molar-refractivity contribution >= 4 is 11.9 Å². The van der Waals surface area contributed by atoms with Crippen molar-refractivity contribution in [3.05, 3.63) is 24.3 Å². The van der Waals surface area contributed by atoms with Crippen LogP contribution in [0.15, 0.2) is 24.3 Å². The molecule has 0 aliphatic rings. The lowest BCUT2D eigenvalue weighted by Gasteiger charge is -2.44. The van der Waals surface area contributed by atoms with Crippen LogP contribution in [0, 0.1) is 0 Å². The highest BCUT2D eigenvalue weighted by Crippen LogP contribution is 2.67. The van der Waals surface area contributed by atoms with E-state index in [1.165, 1.54) is 0 Å². The standard InChI is InChI=1S/C14H3F23O2.C5HF7O2/c1-2-3(38)39-14(36,37)12(31,32)10(27,28)8(23,24)6(19,20)4(15,16)5(17,18)7(21,22)9(25,26)11(29,30)13(33,34)35;6-2(7)1(3(13)14)4(8,9)5(10,11)12/h2H,1H2;(H,13,14). The molecule has 0 atom stereocenters. The van der Waals surface area contributed by atoms with Crippen LogP contribution in [0.3, 0.4) is 0 Å². The number of aliphatic carboxylic acids is 1. The maximum absolute atomic E-state index is 13.5. The molecular formula is C19H4F30O4. The van der Waals surface area contributed by atoms with Crippen molar-refractivity contribution in [1.29, 1.82) is 0 Å². The normalized spacial score (nSPS) is 15.3. The van der Waals surface area contributed by atoms with Gasteiger partial charge in [-0.15, -0.1) is 0 Å². The molecule has 0 aliphatic heterocycles. The van der Waals surface area contributed by atoms with E-state index in [9.17, 15) is 141 Å². The molecule has 0 saturated carbocycles. The SMILES string of the molecule is C=CC(=O)OC(F)(F)C(F)(F)C(F)(F)C(F)(F)C(F)(F)C(F)(F)C(F)(F)C(F)(F)C(F)(F)C(F)(F)C(F)(F)F.O=C(O)C(=C(F)F)C(F)(F)C(F)(F)F. The highest BCUT2D eigenvalue weighted by atomic mass is 19.4. The summed E-state index contributed by atoms with van der Waals surface area (Å²) in [6.45, 7) is 2.16. The van der Waals surface area contributed by atoms with Gasteiger partial charge in [0.25, 0.3) is 6.08 Å². The number of ether oxygens (including phenoxy) is 1. The van der Waals surface area contributed by atoms with Gasteiger partial charge in [-0.2, -0.15) is 132 Å². The number of rotatable bonds is 13. The first-order valence-electron chi connectivity index (χ1n) is 10.9. The zero-order chi connectivity index (χ0) is 44.2. The number of carbonyl (C=O) groups is 2. The molecule has 0 amide bonds. The van der Waals surface area contributed by atoms with Gasteiger partial charge in [-0.3, -0.25) is 0 Å². The van der Waals surface area contributed by atoms with Crippen LogP contribution in [-0.4, -0.2) is 94.7 Å². The van der Waals surface area contributed by atoms with E-state index in [0.29, 0.717) is 0 Å². The highest BCUT2D eigenvalue weighted by Gasteiger charge is 2.99. The fourth-order valence-corrected chi connectivity index (χ4v) is 2.45. The number of carboxylic acids is 1. The molecule has 0 fully saturated rings. The molecule has 0 rings (SSSR count). The van der Waals surface area contributed by atoms with Crippen LogP contribution in [0.4, 0.5) is 132 Å². The summed E-state index contributed by atoms with van der Waals surface area (Å²) < 4.78 is 385. The van der Waals surface area contributed by atoms with Gasteiger partial charge in [0.1, 0.15) is 0 Å². The minimum atomic E-state index is -9.48. The number of alkyl halides is 28. The van der Waals surface area contributed by atoms with Gasteiger partial charge >= 0.3 is 89.6 Å². The maximum atomic E-state index is 13.5. The molecule has 4 nitrogen and oxygen atoms in total. The Morgan fingerprint density at radius 2 is 0.679 bits per heavy atom. The molecule has 53 heavy (non-hydrogen) atoms. The van der Waals surface area contributed by atoms with Gasteiger partial charge in [-0.05, 0) is 0 Å². The lowest BCUT2D eigenvalue weighted by atomic mass is 9.86. The van der Waals surface area contributed by atoms with Gasteiger partial charge in [-0.1, -0.05) is 6.58 Å². The molecule has 0 aromatic carbocycles. The number of hydrogen-bond donors (Lipinski definition) is 1. The molecule has 314 valence electrons. The number of esters is 1. The number of hydrogen-bond acceptors (Lipinski definition) is 3. The summed E-state index contributed by atoms with van der Waals surface area (Å²) in [4.78, 5) is 20.2. The first-order valence-corrected chi connectivity index (χ1v) is 10.9. The predicted octanol–water partition coefficient (Wildman–Crippen LogP) is 10.0. The van der Waals surface area contributed by atoms with Crippen molar-refractivity contribution in [2.45, 2.75) is 77.7 Å². The lowest BCUT2D eigenvalue weighted by molar-refractivity contribution is -0.484. The van der Waals surface area contributed by atoms with Gasteiger partial charge in [0.15, 0.2) is 5.57 Å². The zero-order valence-electron chi connectivity index (χ0n) is 22.8. The second-order valence-electron chi connectivity index (χ2n) is 8.82. The molecular weight excluding hydrogens is 862 g/mol. The van der Waals surface area contributed by atoms with Crippen molar-refractivity contribution in [3.63, 3.8) is 0 Å². The van der Waals surface area contributed by atoms with E-state index < -0.39 is 107 Å². The maximum Gasteiger partial charge on any atom is 0.473 e. The smallest absolute Gasteiger partial charge is 0.473 e. The number of halogens is 30. The molecule has 0 bridgehead atoms. The Bertz CT molecular complexity index is 1390. The van der Waals surface area contributed by atoms with Gasteiger partial charge in [0.05, 0.1) is 0 Å². The topological polar surface area (TPSA) is 63.6 Å². The van der Waals surface area contributed by atoms with E-state index >= 15 is 0 Å². The molecule has 0 aromatic rings. The Labute approximate surface area is 266 Å². The van der Waals surface area contributed by atoms with Crippen molar-refractivity contribution in [2.75, 3.05) is 0 Å². The first kappa shape index (κ1) is 51.4. The Hall–Kier alpha value is -3.68. The molecule has 0 radical (unpaired) electrons. The van der Waals surface area contributed by atoms with Crippen molar-refractivity contribution < 1.29 is 151 Å². The molecule has 0 heterocycles. The Kier molecular flexibility index (Phi) is 13.5. The van der Waals surface area contributed by atoms with Gasteiger partial charge in [0.2, 0.25) is 0 Å². The molecule has 0 aliphatic carbocycles. The zero-order valence-corrected chi connectivity index (χ0v) is 22.8. The monoisotopic (exact) mass is 866 g/mol. The van der Waals surface area contributed by atoms with E-state index in [1.807, 2.05) is 0 Å². The van der Waals surface area contributed by atoms with Crippen LogP contribution in [-0.2, 0) is 14.3 Å². The summed E-state index contributed by atoms with van der Waals surface area (Å²) in [7, 11) is 0. The van der Waals surface area contributed by atoms with E-state index in [-0.39, 0.29) is 0 Å². The number of carbonyl (C=O) groups excluding carboxylic acids is 1. The lowest BCUT2D eigenvalue weighted by Crippen LogP contribution is -2.77. The van der Waals surface area contributed by atoms with Crippen molar-refractivity contribution in [1.82, 2.24) is 0 Å². The Morgan fingerprint density at radius 3 is 0.849 bits per heavy atom. The van der Waals surface area contributed by atoms with E-state index in [2.05, 4.69) is 11.3 Å². The van der Waals surface area contributed by atoms with Crippen LogP contribution in [0.5, 0.6) is 0 Å². The van der Waals surface area contributed by atoms with E-state index in [0.717, 1.165) is 0 Å². The first-order chi connectivity index (χ1) is 22.5. The molecule has 1 N–H and O–H groups in total. The van der Waals surface area contributed by atoms with Gasteiger partial charge < -0.3 is 9.84 Å². The van der Waals surface area contributed by atoms with Crippen LogP contribution >= 0.6 is 0 Å². The average molecular weight is 866 g/mol. The quantitative estimate of drug-likeness (QED) is 0.114. The molecule has 0 aromatic heterocycles. The Balaban J connectivity index is 0. The second kappa shape index (κ2) is 13.9. The van der Waals surface area contributed by atoms with Crippen LogP contribution < -0.4 is 0 Å². The Morgan fingerprint density at radius 1 is 0.434 bits per heavy atom. The van der Waals surface area contributed by atoms with E-state index in [4.69, 9.17) is 5.11 Å². The van der Waals surface area contributed by atoms with Crippen LogP contribution in [0.2, 0.25) is 0 Å². The van der Waals surface area contributed by atoms with E-state index in [1.54, 1.807) is 0 Å². The molecule has 0 unspecified atom stereocenters. The summed E-state index contributed by atoms with van der Waals surface area (Å²) >= 11 is 0. The summed E-state index contributed by atoms with van der Waals surface area (Å²) in [5.41, 5.74) is -3.26. The summed E-state index contributed by atoms with van der Waals surface area (Å²) in [6.07, 6.45) is -26.2. The summed E-state index contributed by atoms with van der Waals surface area (Å²) in [5, 5.41) is 7.72. The molecule has 0 saturated heterocycles. The predicted molar refractivity (Wildman–Crippen MR) is 99.7 cm³/mol. The largest absolute Gasteiger partial charge is 0.478 e. The minimum Gasteiger partial charge on any atom is -0.478 e. The average Bonchev–Trinajstić information content (AvgIpc) is 2.90. The van der Waals surface area contributed by atoms with Crippen LogP contribution in [0.1, 0.15) is 0 Å². The molecule has 0 spiro atoms. The third kappa shape index (κ3) is 7.66. The minimum absolute atomic E-state index is 0.636.